The molecular formula is C16H17ClN2O. The monoisotopic (exact) mass is 288 g/mol. The van der Waals surface area contributed by atoms with E-state index in [1.165, 1.54) is 0 Å². The smallest absolute Gasteiger partial charge is 0.193 e. The van der Waals surface area contributed by atoms with E-state index in [9.17, 15) is 4.79 Å². The molecule has 1 aromatic carbocycles. The summed E-state index contributed by atoms with van der Waals surface area (Å²) in [6, 6.07) is 10.9. The highest BCUT2D eigenvalue weighted by Crippen LogP contribution is 2.18. The van der Waals surface area contributed by atoms with E-state index in [4.69, 9.17) is 11.6 Å². The molecule has 0 fully saturated rings. The van der Waals surface area contributed by atoms with Crippen LogP contribution in [0.25, 0.3) is 0 Å². The Morgan fingerprint density at radius 1 is 1.10 bits per heavy atom. The first-order valence-electron chi connectivity index (χ1n) is 6.67. The van der Waals surface area contributed by atoms with Crippen LogP contribution < -0.4 is 4.90 Å². The third-order valence-corrected chi connectivity index (χ3v) is 3.45. The quantitative estimate of drug-likeness (QED) is 0.619. The van der Waals surface area contributed by atoms with Gasteiger partial charge in [0.2, 0.25) is 0 Å². The number of anilines is 1. The largest absolute Gasteiger partial charge is 0.372 e. The molecule has 0 aliphatic heterocycles. The van der Waals surface area contributed by atoms with E-state index in [2.05, 4.69) is 23.7 Å². The van der Waals surface area contributed by atoms with Gasteiger partial charge in [0.1, 0.15) is 5.15 Å². The minimum atomic E-state index is -0.0413. The van der Waals surface area contributed by atoms with E-state index >= 15 is 0 Å². The Morgan fingerprint density at radius 3 is 2.30 bits per heavy atom. The van der Waals surface area contributed by atoms with Crippen LogP contribution in [-0.2, 0) is 0 Å². The van der Waals surface area contributed by atoms with Gasteiger partial charge in [-0.2, -0.15) is 0 Å². The van der Waals surface area contributed by atoms with Gasteiger partial charge in [-0.25, -0.2) is 4.98 Å². The van der Waals surface area contributed by atoms with Gasteiger partial charge >= 0.3 is 0 Å². The third-order valence-electron chi connectivity index (χ3n) is 3.25. The fourth-order valence-electron chi connectivity index (χ4n) is 2.12. The van der Waals surface area contributed by atoms with Crippen LogP contribution in [0.2, 0.25) is 5.15 Å². The number of carbonyl (C=O) groups excluding carboxylic acids is 1. The second kappa shape index (κ2) is 6.53. The second-order valence-corrected chi connectivity index (χ2v) is 4.80. The Bertz CT molecular complexity index is 592. The minimum absolute atomic E-state index is 0.0413. The molecule has 0 aliphatic rings. The number of pyridine rings is 1. The molecule has 0 radical (unpaired) electrons. The van der Waals surface area contributed by atoms with E-state index in [0.29, 0.717) is 16.3 Å². The van der Waals surface area contributed by atoms with Crippen LogP contribution in [0.5, 0.6) is 0 Å². The Labute approximate surface area is 124 Å². The van der Waals surface area contributed by atoms with Crippen molar-refractivity contribution in [2.45, 2.75) is 13.8 Å². The van der Waals surface area contributed by atoms with Gasteiger partial charge in [0.15, 0.2) is 5.78 Å². The predicted octanol–water partition coefficient (Wildman–Crippen LogP) is 3.81. The van der Waals surface area contributed by atoms with Crippen molar-refractivity contribution in [2.75, 3.05) is 18.0 Å². The zero-order valence-electron chi connectivity index (χ0n) is 11.6. The van der Waals surface area contributed by atoms with E-state index < -0.39 is 0 Å². The van der Waals surface area contributed by atoms with E-state index in [-0.39, 0.29) is 5.78 Å². The summed E-state index contributed by atoms with van der Waals surface area (Å²) in [5, 5.41) is 0.329. The standard InChI is InChI=1S/C16H17ClN2O/c1-3-19(4-2)14-7-5-12(6-8-14)16(20)13-9-10-18-15(17)11-13/h5-11H,3-4H2,1-2H3. The van der Waals surface area contributed by atoms with Crippen molar-refractivity contribution in [2.24, 2.45) is 0 Å². The van der Waals surface area contributed by atoms with Gasteiger partial charge in [-0.15, -0.1) is 0 Å². The maximum Gasteiger partial charge on any atom is 0.193 e. The average molecular weight is 289 g/mol. The van der Waals surface area contributed by atoms with Crippen molar-refractivity contribution >= 4 is 23.1 Å². The van der Waals surface area contributed by atoms with Gasteiger partial charge in [-0.05, 0) is 50.2 Å². The fourth-order valence-corrected chi connectivity index (χ4v) is 2.30. The predicted molar refractivity (Wildman–Crippen MR) is 82.7 cm³/mol. The minimum Gasteiger partial charge on any atom is -0.372 e. The zero-order chi connectivity index (χ0) is 14.5. The summed E-state index contributed by atoms with van der Waals surface area (Å²) in [7, 11) is 0. The van der Waals surface area contributed by atoms with Crippen LogP contribution in [0.3, 0.4) is 0 Å². The highest BCUT2D eigenvalue weighted by atomic mass is 35.5. The molecule has 2 aromatic rings. The molecule has 0 unspecified atom stereocenters. The van der Waals surface area contributed by atoms with Gasteiger partial charge < -0.3 is 4.90 Å². The number of ketones is 1. The lowest BCUT2D eigenvalue weighted by Crippen LogP contribution is -2.21. The topological polar surface area (TPSA) is 33.2 Å². The summed E-state index contributed by atoms with van der Waals surface area (Å²) in [4.78, 5) is 18.4. The highest BCUT2D eigenvalue weighted by molar-refractivity contribution is 6.30. The first-order chi connectivity index (χ1) is 9.65. The molecule has 0 atom stereocenters. The van der Waals surface area contributed by atoms with Crippen LogP contribution in [0.1, 0.15) is 29.8 Å². The number of hydrogen-bond donors (Lipinski definition) is 0. The fraction of sp³-hybridized carbons (Fsp3) is 0.250. The molecule has 0 saturated heterocycles. The van der Waals surface area contributed by atoms with Gasteiger partial charge in [0.05, 0.1) is 0 Å². The average Bonchev–Trinajstić information content (AvgIpc) is 2.48. The molecule has 2 rings (SSSR count). The molecule has 1 aromatic heterocycles. The highest BCUT2D eigenvalue weighted by Gasteiger charge is 2.10. The molecule has 0 aliphatic carbocycles. The molecule has 1 heterocycles. The summed E-state index contributed by atoms with van der Waals surface area (Å²) < 4.78 is 0. The van der Waals surface area contributed by atoms with Gasteiger partial charge in [-0.1, -0.05) is 11.6 Å². The summed E-state index contributed by atoms with van der Waals surface area (Å²) in [6.07, 6.45) is 1.54. The number of rotatable bonds is 5. The summed E-state index contributed by atoms with van der Waals surface area (Å²) in [5.74, 6) is -0.0413. The Hall–Kier alpha value is -1.87. The molecule has 0 N–H and O–H groups in total. The van der Waals surface area contributed by atoms with Crippen molar-refractivity contribution in [1.82, 2.24) is 4.98 Å². The second-order valence-electron chi connectivity index (χ2n) is 4.42. The molecular weight excluding hydrogens is 272 g/mol. The van der Waals surface area contributed by atoms with Crippen LogP contribution in [0.4, 0.5) is 5.69 Å². The van der Waals surface area contributed by atoms with Crippen molar-refractivity contribution in [3.05, 3.63) is 58.9 Å². The number of aromatic nitrogens is 1. The van der Waals surface area contributed by atoms with Gasteiger partial charge in [0, 0.05) is 36.1 Å². The molecule has 20 heavy (non-hydrogen) atoms. The molecule has 0 bridgehead atoms. The number of carbonyl (C=O) groups is 1. The lowest BCUT2D eigenvalue weighted by Gasteiger charge is -2.21. The SMILES string of the molecule is CCN(CC)c1ccc(C(=O)c2ccnc(Cl)c2)cc1. The number of halogens is 1. The third kappa shape index (κ3) is 3.17. The lowest BCUT2D eigenvalue weighted by atomic mass is 10.0. The van der Waals surface area contributed by atoms with Gasteiger partial charge in [-0.3, -0.25) is 4.79 Å². The maximum atomic E-state index is 12.3. The van der Waals surface area contributed by atoms with E-state index in [0.717, 1.165) is 18.8 Å². The van der Waals surface area contributed by atoms with Gasteiger partial charge in [0.25, 0.3) is 0 Å². The van der Waals surface area contributed by atoms with Crippen LogP contribution in [0.15, 0.2) is 42.6 Å². The van der Waals surface area contributed by atoms with Crippen molar-refractivity contribution in [1.29, 1.82) is 0 Å². The molecule has 0 amide bonds. The first kappa shape index (κ1) is 14.5. The summed E-state index contributed by atoms with van der Waals surface area (Å²) in [6.45, 7) is 6.12. The lowest BCUT2D eigenvalue weighted by molar-refractivity contribution is 0.103. The van der Waals surface area contributed by atoms with Crippen LogP contribution in [-0.4, -0.2) is 23.9 Å². The zero-order valence-corrected chi connectivity index (χ0v) is 12.4. The number of hydrogen-bond acceptors (Lipinski definition) is 3. The number of nitrogens with zero attached hydrogens (tertiary/aromatic N) is 2. The Kier molecular flexibility index (Phi) is 4.74. The van der Waals surface area contributed by atoms with Crippen molar-refractivity contribution in [3.8, 4) is 0 Å². The normalized spacial score (nSPS) is 10.3. The summed E-state index contributed by atoms with van der Waals surface area (Å²) in [5.41, 5.74) is 2.34. The van der Waals surface area contributed by atoms with E-state index in [1.807, 2.05) is 24.3 Å². The van der Waals surface area contributed by atoms with Crippen molar-refractivity contribution in [3.63, 3.8) is 0 Å². The number of benzene rings is 1. The van der Waals surface area contributed by atoms with Crippen molar-refractivity contribution < 1.29 is 4.79 Å². The molecule has 4 heteroatoms. The Morgan fingerprint density at radius 2 is 1.75 bits per heavy atom. The summed E-state index contributed by atoms with van der Waals surface area (Å²) >= 11 is 5.81. The van der Waals surface area contributed by atoms with Crippen LogP contribution >= 0.6 is 11.6 Å². The molecule has 3 nitrogen and oxygen atoms in total. The molecule has 0 spiro atoms. The maximum absolute atomic E-state index is 12.3. The Balaban J connectivity index is 2.24. The first-order valence-corrected chi connectivity index (χ1v) is 7.04. The molecule has 0 saturated carbocycles. The molecule has 104 valence electrons. The van der Waals surface area contributed by atoms with Crippen LogP contribution in [0, 0.1) is 0 Å². The van der Waals surface area contributed by atoms with E-state index in [1.54, 1.807) is 18.3 Å².